The van der Waals surface area contributed by atoms with Crippen LogP contribution in [-0.4, -0.2) is 29.4 Å². The molecule has 1 aliphatic carbocycles. The van der Waals surface area contributed by atoms with Gasteiger partial charge in [0.05, 0.1) is 18.2 Å². The van der Waals surface area contributed by atoms with Gasteiger partial charge in [0.1, 0.15) is 11.6 Å². The smallest absolute Gasteiger partial charge is 0.233 e. The average Bonchev–Trinajstić information content (AvgIpc) is 3.08. The number of benzene rings is 1. The molecule has 6 heteroatoms. The van der Waals surface area contributed by atoms with Gasteiger partial charge >= 0.3 is 0 Å². The van der Waals surface area contributed by atoms with Gasteiger partial charge in [-0.25, -0.2) is 4.39 Å². The Morgan fingerprint density at radius 2 is 2.30 bits per heavy atom. The molecule has 1 atom stereocenters. The van der Waals surface area contributed by atoms with Gasteiger partial charge in [-0.15, -0.1) is 0 Å². The lowest BCUT2D eigenvalue weighted by Crippen LogP contribution is -2.20. The number of ether oxygens (including phenoxy) is 1. The topological polar surface area (TPSA) is 56.1 Å². The van der Waals surface area contributed by atoms with Crippen molar-refractivity contribution in [2.75, 3.05) is 19.0 Å². The number of hydrogen-bond donors (Lipinski definition) is 1. The zero-order valence-electron chi connectivity index (χ0n) is 13.3. The van der Waals surface area contributed by atoms with E-state index in [1.54, 1.807) is 24.9 Å². The van der Waals surface area contributed by atoms with Crippen molar-refractivity contribution in [3.63, 3.8) is 0 Å². The van der Waals surface area contributed by atoms with Crippen molar-refractivity contribution in [3.05, 3.63) is 46.9 Å². The van der Waals surface area contributed by atoms with E-state index in [1.165, 1.54) is 12.1 Å². The van der Waals surface area contributed by atoms with Crippen molar-refractivity contribution in [3.8, 4) is 0 Å². The Bertz CT molecular complexity index is 727. The summed E-state index contributed by atoms with van der Waals surface area (Å²) in [5.41, 5.74) is 2.72. The van der Waals surface area contributed by atoms with E-state index in [0.717, 1.165) is 23.2 Å². The molecule has 1 N–H and O–H groups in total. The van der Waals surface area contributed by atoms with Gasteiger partial charge in [-0.05, 0) is 36.1 Å². The second-order valence-electron chi connectivity index (χ2n) is 5.81. The first kappa shape index (κ1) is 15.7. The molecule has 0 bridgehead atoms. The highest BCUT2D eigenvalue weighted by atomic mass is 19.1. The molecule has 1 aromatic carbocycles. The van der Waals surface area contributed by atoms with Crippen molar-refractivity contribution in [2.24, 2.45) is 7.05 Å². The number of aromatic nitrogens is 2. The number of nitrogens with zero attached hydrogens (tertiary/aromatic N) is 2. The summed E-state index contributed by atoms with van der Waals surface area (Å²) in [5, 5.41) is 7.29. The van der Waals surface area contributed by atoms with Crippen LogP contribution in [0.3, 0.4) is 0 Å². The summed E-state index contributed by atoms with van der Waals surface area (Å²) in [4.78, 5) is 12.6. The van der Waals surface area contributed by atoms with Crippen LogP contribution in [0.2, 0.25) is 0 Å². The maximum atomic E-state index is 13.3. The van der Waals surface area contributed by atoms with Crippen LogP contribution in [0.25, 0.3) is 0 Å². The highest BCUT2D eigenvalue weighted by molar-refractivity contribution is 5.96. The summed E-state index contributed by atoms with van der Waals surface area (Å²) >= 11 is 0. The molecule has 23 heavy (non-hydrogen) atoms. The zero-order valence-corrected chi connectivity index (χ0v) is 13.3. The van der Waals surface area contributed by atoms with E-state index < -0.39 is 0 Å². The molecule has 1 heterocycles. The Morgan fingerprint density at radius 3 is 3.09 bits per heavy atom. The Labute approximate surface area is 134 Å². The van der Waals surface area contributed by atoms with Crippen LogP contribution < -0.4 is 5.32 Å². The summed E-state index contributed by atoms with van der Waals surface area (Å²) in [6.07, 6.45) is 2.14. The van der Waals surface area contributed by atoms with Crippen LogP contribution in [0.15, 0.2) is 24.3 Å². The Morgan fingerprint density at radius 1 is 1.48 bits per heavy atom. The van der Waals surface area contributed by atoms with Gasteiger partial charge in [0.15, 0.2) is 0 Å². The van der Waals surface area contributed by atoms with Crippen LogP contribution in [0.5, 0.6) is 0 Å². The van der Waals surface area contributed by atoms with Gasteiger partial charge in [-0.2, -0.15) is 5.10 Å². The standard InChI is InChI=1S/C17H20FN3O2/c1-21-16(10-13(20-21)7-8-23-2)19-17(22)15-5-3-11-9-12(18)4-6-14(11)15/h4,6,9-10,15H,3,5,7-8H2,1-2H3,(H,19,22). The maximum absolute atomic E-state index is 13.3. The number of carbonyl (C=O) groups excluding carboxylic acids is 1. The van der Waals surface area contributed by atoms with Crippen LogP contribution in [-0.2, 0) is 29.4 Å². The number of anilines is 1. The molecule has 1 aliphatic rings. The first-order valence-corrected chi connectivity index (χ1v) is 7.69. The monoisotopic (exact) mass is 317 g/mol. The van der Waals surface area contributed by atoms with Crippen molar-refractivity contribution in [1.82, 2.24) is 9.78 Å². The molecular formula is C17H20FN3O2. The number of fused-ring (bicyclic) bond motifs is 1. The van der Waals surface area contributed by atoms with Crippen LogP contribution >= 0.6 is 0 Å². The van der Waals surface area contributed by atoms with Crippen LogP contribution in [0.1, 0.15) is 29.2 Å². The van der Waals surface area contributed by atoms with Crippen molar-refractivity contribution >= 4 is 11.7 Å². The van der Waals surface area contributed by atoms with Crippen LogP contribution in [0, 0.1) is 5.82 Å². The lowest BCUT2D eigenvalue weighted by Gasteiger charge is -2.12. The van der Waals surface area contributed by atoms with Crippen molar-refractivity contribution < 1.29 is 13.9 Å². The first-order chi connectivity index (χ1) is 11.1. The number of amides is 1. The lowest BCUT2D eigenvalue weighted by molar-refractivity contribution is -0.117. The van der Waals surface area contributed by atoms with Gasteiger partial charge in [0.2, 0.25) is 5.91 Å². The third kappa shape index (κ3) is 3.27. The minimum Gasteiger partial charge on any atom is -0.384 e. The highest BCUT2D eigenvalue weighted by Gasteiger charge is 2.29. The highest BCUT2D eigenvalue weighted by Crippen LogP contribution is 2.34. The fourth-order valence-corrected chi connectivity index (χ4v) is 3.04. The molecule has 0 radical (unpaired) electrons. The molecule has 0 aliphatic heterocycles. The molecule has 1 amide bonds. The molecule has 3 rings (SSSR count). The summed E-state index contributed by atoms with van der Waals surface area (Å²) < 4.78 is 20.0. The first-order valence-electron chi connectivity index (χ1n) is 7.69. The molecule has 1 aromatic heterocycles. The fourth-order valence-electron chi connectivity index (χ4n) is 3.04. The largest absolute Gasteiger partial charge is 0.384 e. The number of nitrogens with one attached hydrogen (secondary N) is 1. The number of halogens is 1. The molecule has 2 aromatic rings. The number of rotatable bonds is 5. The minimum absolute atomic E-state index is 0.0725. The van der Waals surface area contributed by atoms with Gasteiger partial charge in [-0.1, -0.05) is 6.07 Å². The van der Waals surface area contributed by atoms with E-state index in [0.29, 0.717) is 25.3 Å². The second kappa shape index (κ2) is 6.50. The van der Waals surface area contributed by atoms with E-state index in [9.17, 15) is 9.18 Å². The Kier molecular flexibility index (Phi) is 4.43. The van der Waals surface area contributed by atoms with E-state index in [1.807, 2.05) is 6.07 Å². The molecule has 0 spiro atoms. The molecule has 122 valence electrons. The number of aryl methyl sites for hydroxylation is 2. The van der Waals surface area contributed by atoms with Gasteiger partial charge in [0.25, 0.3) is 0 Å². The second-order valence-corrected chi connectivity index (χ2v) is 5.81. The van der Waals surface area contributed by atoms with E-state index in [4.69, 9.17) is 4.74 Å². The van der Waals surface area contributed by atoms with Gasteiger partial charge < -0.3 is 10.1 Å². The van der Waals surface area contributed by atoms with Crippen LogP contribution in [0.4, 0.5) is 10.2 Å². The molecule has 1 unspecified atom stereocenters. The molecule has 5 nitrogen and oxygen atoms in total. The number of carbonyl (C=O) groups is 1. The quantitative estimate of drug-likeness (QED) is 0.921. The van der Waals surface area contributed by atoms with Crippen molar-refractivity contribution in [1.29, 1.82) is 0 Å². The summed E-state index contributed by atoms with van der Waals surface area (Å²) in [6, 6.07) is 6.51. The van der Waals surface area contributed by atoms with E-state index in [2.05, 4.69) is 10.4 Å². The molecular weight excluding hydrogens is 297 g/mol. The molecule has 0 saturated heterocycles. The number of methoxy groups -OCH3 is 1. The third-order valence-corrected chi connectivity index (χ3v) is 4.24. The third-order valence-electron chi connectivity index (χ3n) is 4.24. The Hall–Kier alpha value is -2.21. The van der Waals surface area contributed by atoms with Gasteiger partial charge in [0, 0.05) is 26.6 Å². The summed E-state index contributed by atoms with van der Waals surface area (Å²) in [6.45, 7) is 0.589. The van der Waals surface area contributed by atoms with Crippen molar-refractivity contribution in [2.45, 2.75) is 25.2 Å². The normalized spacial score (nSPS) is 16.4. The molecule has 0 fully saturated rings. The maximum Gasteiger partial charge on any atom is 0.233 e. The lowest BCUT2D eigenvalue weighted by atomic mass is 10.0. The average molecular weight is 317 g/mol. The van der Waals surface area contributed by atoms with E-state index >= 15 is 0 Å². The SMILES string of the molecule is COCCc1cc(NC(=O)C2CCc3cc(F)ccc32)n(C)n1. The predicted octanol–water partition coefficient (Wildman–Crippen LogP) is 2.42. The zero-order chi connectivity index (χ0) is 16.4. The fraction of sp³-hybridized carbons (Fsp3) is 0.412. The Balaban J connectivity index is 1.72. The van der Waals surface area contributed by atoms with E-state index in [-0.39, 0.29) is 17.6 Å². The van der Waals surface area contributed by atoms with Gasteiger partial charge in [-0.3, -0.25) is 9.48 Å². The summed E-state index contributed by atoms with van der Waals surface area (Å²) in [7, 11) is 3.44. The summed E-state index contributed by atoms with van der Waals surface area (Å²) in [5.74, 6) is 0.107. The predicted molar refractivity (Wildman–Crippen MR) is 84.9 cm³/mol. The molecule has 0 saturated carbocycles. The minimum atomic E-state index is -0.251. The number of hydrogen-bond acceptors (Lipinski definition) is 3.